The van der Waals surface area contributed by atoms with Gasteiger partial charge in [0.2, 0.25) is 0 Å². The minimum Gasteiger partial charge on any atom is -0.353 e. The molecule has 3 unspecified atom stereocenters. The van der Waals surface area contributed by atoms with Crippen LogP contribution in [-0.4, -0.2) is 61.1 Å². The molecule has 0 aromatic carbocycles. The van der Waals surface area contributed by atoms with Crippen molar-refractivity contribution in [2.75, 3.05) is 39.3 Å². The van der Waals surface area contributed by atoms with Gasteiger partial charge in [0.25, 0.3) is 0 Å². The van der Waals surface area contributed by atoms with Crippen LogP contribution in [0.4, 0.5) is 0 Å². The largest absolute Gasteiger partial charge is 0.353 e. The first kappa shape index (κ1) is 19.0. The fourth-order valence-electron chi connectivity index (χ4n) is 5.04. The Hall–Kier alpha value is -0.770. The van der Waals surface area contributed by atoms with Crippen LogP contribution in [0.1, 0.15) is 65.7 Å². The molecule has 0 aromatic heterocycles. The number of hydrogen-bond acceptors (Lipinski definition) is 2. The Morgan fingerprint density at radius 1 is 1.08 bits per heavy atom. The standard InChI is InChI=1S/C21H40N4/c1-4-22-21(23-20-14-19(20)18-10-8-7-9-11-18)25-13-12-17(16-25)15-24(5-2)6-3/h17-20H,4-16H2,1-3H3,(H,22,23). The van der Waals surface area contributed by atoms with E-state index in [1.165, 1.54) is 83.6 Å². The first-order valence-electron chi connectivity index (χ1n) is 11.0. The number of hydrogen-bond donors (Lipinski definition) is 1. The maximum atomic E-state index is 4.84. The maximum Gasteiger partial charge on any atom is 0.194 e. The molecule has 3 fully saturated rings. The Labute approximate surface area is 155 Å². The van der Waals surface area contributed by atoms with E-state index in [1.54, 1.807) is 0 Å². The van der Waals surface area contributed by atoms with Crippen molar-refractivity contribution < 1.29 is 0 Å². The zero-order chi connectivity index (χ0) is 17.6. The second-order valence-electron chi connectivity index (χ2n) is 8.43. The fraction of sp³-hybridized carbons (Fsp3) is 0.952. The van der Waals surface area contributed by atoms with E-state index in [2.05, 4.69) is 35.9 Å². The zero-order valence-electron chi connectivity index (χ0n) is 16.8. The summed E-state index contributed by atoms with van der Waals surface area (Å²) in [6.07, 6.45) is 10.0. The lowest BCUT2D eigenvalue weighted by Gasteiger charge is -2.26. The van der Waals surface area contributed by atoms with E-state index in [4.69, 9.17) is 4.99 Å². The quantitative estimate of drug-likeness (QED) is 0.563. The summed E-state index contributed by atoms with van der Waals surface area (Å²) in [5.41, 5.74) is 0. The van der Waals surface area contributed by atoms with E-state index < -0.39 is 0 Å². The molecule has 3 rings (SSSR count). The van der Waals surface area contributed by atoms with Crippen molar-refractivity contribution in [2.45, 2.75) is 71.8 Å². The lowest BCUT2D eigenvalue weighted by Crippen LogP contribution is -2.42. The SMILES string of the molecule is CCN=C(NC1CC1C1CCCCC1)N1CCC(CN(CC)CC)C1. The Balaban J connectivity index is 1.48. The molecule has 3 aliphatic rings. The van der Waals surface area contributed by atoms with E-state index in [0.29, 0.717) is 6.04 Å². The van der Waals surface area contributed by atoms with Gasteiger partial charge in [-0.25, -0.2) is 0 Å². The second-order valence-corrected chi connectivity index (χ2v) is 8.43. The van der Waals surface area contributed by atoms with Crippen molar-refractivity contribution in [3.05, 3.63) is 0 Å². The highest BCUT2D eigenvalue weighted by molar-refractivity contribution is 5.81. The van der Waals surface area contributed by atoms with Gasteiger partial charge in [0, 0.05) is 32.2 Å². The molecule has 1 heterocycles. The van der Waals surface area contributed by atoms with Crippen molar-refractivity contribution in [3.8, 4) is 0 Å². The van der Waals surface area contributed by atoms with Crippen LogP contribution in [0, 0.1) is 17.8 Å². The van der Waals surface area contributed by atoms with E-state index >= 15 is 0 Å². The zero-order valence-corrected chi connectivity index (χ0v) is 16.8. The number of aliphatic imine (C=N–C) groups is 1. The summed E-state index contributed by atoms with van der Waals surface area (Å²) in [5, 5.41) is 3.85. The highest BCUT2D eigenvalue weighted by Gasteiger charge is 2.44. The molecule has 2 saturated carbocycles. The van der Waals surface area contributed by atoms with Gasteiger partial charge in [-0.2, -0.15) is 0 Å². The summed E-state index contributed by atoms with van der Waals surface area (Å²) >= 11 is 0. The van der Waals surface area contributed by atoms with Crippen LogP contribution in [0.5, 0.6) is 0 Å². The normalized spacial score (nSPS) is 31.0. The molecule has 0 radical (unpaired) electrons. The summed E-state index contributed by atoms with van der Waals surface area (Å²) < 4.78 is 0. The molecule has 0 aromatic rings. The van der Waals surface area contributed by atoms with E-state index in [0.717, 1.165) is 24.3 Å². The van der Waals surface area contributed by atoms with Gasteiger partial charge in [-0.15, -0.1) is 0 Å². The first-order chi connectivity index (χ1) is 12.2. The molecule has 25 heavy (non-hydrogen) atoms. The van der Waals surface area contributed by atoms with Crippen LogP contribution in [0.25, 0.3) is 0 Å². The smallest absolute Gasteiger partial charge is 0.194 e. The molecule has 3 atom stereocenters. The Kier molecular flexibility index (Phi) is 7.03. The van der Waals surface area contributed by atoms with E-state index in [-0.39, 0.29) is 0 Å². The van der Waals surface area contributed by atoms with Gasteiger partial charge in [0.05, 0.1) is 0 Å². The average molecular weight is 349 g/mol. The van der Waals surface area contributed by atoms with Crippen LogP contribution in [0.15, 0.2) is 4.99 Å². The predicted octanol–water partition coefficient (Wildman–Crippen LogP) is 3.58. The molecule has 2 aliphatic carbocycles. The summed E-state index contributed by atoms with van der Waals surface area (Å²) in [5.74, 6) is 3.92. The molecule has 4 nitrogen and oxygen atoms in total. The summed E-state index contributed by atoms with van der Waals surface area (Å²) in [6, 6.07) is 0.704. The lowest BCUT2D eigenvalue weighted by atomic mass is 9.85. The molecule has 0 amide bonds. The van der Waals surface area contributed by atoms with Gasteiger partial charge in [-0.3, -0.25) is 4.99 Å². The first-order valence-corrected chi connectivity index (χ1v) is 11.0. The molecule has 1 N–H and O–H groups in total. The number of nitrogens with one attached hydrogen (secondary N) is 1. The number of guanidine groups is 1. The van der Waals surface area contributed by atoms with Crippen molar-refractivity contribution in [2.24, 2.45) is 22.7 Å². The van der Waals surface area contributed by atoms with E-state index in [9.17, 15) is 0 Å². The lowest BCUT2D eigenvalue weighted by molar-refractivity contribution is 0.255. The molecule has 4 heteroatoms. The second kappa shape index (κ2) is 9.25. The van der Waals surface area contributed by atoms with Gasteiger partial charge < -0.3 is 15.1 Å². The van der Waals surface area contributed by atoms with Crippen LogP contribution in [0.2, 0.25) is 0 Å². The number of rotatable bonds is 7. The summed E-state index contributed by atoms with van der Waals surface area (Å²) in [7, 11) is 0. The van der Waals surface area contributed by atoms with Crippen LogP contribution < -0.4 is 5.32 Å². The molecule has 0 bridgehead atoms. The van der Waals surface area contributed by atoms with Crippen molar-refractivity contribution in [1.29, 1.82) is 0 Å². The van der Waals surface area contributed by atoms with Crippen LogP contribution in [-0.2, 0) is 0 Å². The number of nitrogens with zero attached hydrogens (tertiary/aromatic N) is 3. The van der Waals surface area contributed by atoms with Gasteiger partial charge in [0.1, 0.15) is 0 Å². The maximum absolute atomic E-state index is 4.84. The highest BCUT2D eigenvalue weighted by atomic mass is 15.3. The minimum absolute atomic E-state index is 0.704. The third kappa shape index (κ3) is 5.12. The minimum atomic E-state index is 0.704. The third-order valence-corrected chi connectivity index (χ3v) is 6.71. The Morgan fingerprint density at radius 3 is 2.52 bits per heavy atom. The molecule has 0 spiro atoms. The third-order valence-electron chi connectivity index (χ3n) is 6.71. The highest BCUT2D eigenvalue weighted by Crippen LogP contribution is 2.44. The fourth-order valence-corrected chi connectivity index (χ4v) is 5.04. The van der Waals surface area contributed by atoms with Crippen LogP contribution >= 0.6 is 0 Å². The van der Waals surface area contributed by atoms with Crippen molar-refractivity contribution >= 4 is 5.96 Å². The summed E-state index contributed by atoms with van der Waals surface area (Å²) in [6.45, 7) is 13.6. The van der Waals surface area contributed by atoms with Gasteiger partial charge in [0.15, 0.2) is 5.96 Å². The molecule has 1 aliphatic heterocycles. The molecular formula is C21H40N4. The predicted molar refractivity (Wildman–Crippen MR) is 107 cm³/mol. The summed E-state index contributed by atoms with van der Waals surface area (Å²) in [4.78, 5) is 9.94. The average Bonchev–Trinajstić information content (AvgIpc) is 3.26. The van der Waals surface area contributed by atoms with E-state index in [1.807, 2.05) is 0 Å². The number of likely N-dealkylation sites (tertiary alicyclic amines) is 1. The molecule has 1 saturated heterocycles. The molecule has 144 valence electrons. The van der Waals surface area contributed by atoms with Crippen molar-refractivity contribution in [3.63, 3.8) is 0 Å². The van der Waals surface area contributed by atoms with Gasteiger partial charge >= 0.3 is 0 Å². The topological polar surface area (TPSA) is 30.9 Å². The Morgan fingerprint density at radius 2 is 1.84 bits per heavy atom. The monoisotopic (exact) mass is 348 g/mol. The van der Waals surface area contributed by atoms with Crippen LogP contribution in [0.3, 0.4) is 0 Å². The van der Waals surface area contributed by atoms with Crippen molar-refractivity contribution in [1.82, 2.24) is 15.1 Å². The van der Waals surface area contributed by atoms with Gasteiger partial charge in [-0.1, -0.05) is 46.0 Å². The molecular weight excluding hydrogens is 308 g/mol. The van der Waals surface area contributed by atoms with Gasteiger partial charge in [-0.05, 0) is 50.6 Å². The Bertz CT molecular complexity index is 426.